The van der Waals surface area contributed by atoms with Crippen LogP contribution in [0.1, 0.15) is 84.1 Å². The molecule has 4 saturated carbocycles. The van der Waals surface area contributed by atoms with Gasteiger partial charge in [-0.15, -0.1) is 0 Å². The Morgan fingerprint density at radius 2 is 1.69 bits per heavy atom. The van der Waals surface area contributed by atoms with Gasteiger partial charge in [0.2, 0.25) is 0 Å². The van der Waals surface area contributed by atoms with Crippen LogP contribution in [0, 0.1) is 23.2 Å². The maximum atomic E-state index is 10.6. The van der Waals surface area contributed by atoms with Gasteiger partial charge in [0.05, 0.1) is 13.2 Å². The van der Waals surface area contributed by atoms with Crippen LogP contribution >= 0.6 is 0 Å². The topological polar surface area (TPSA) is 38.7 Å². The number of hydrogen-bond acceptors (Lipinski definition) is 3. The summed E-state index contributed by atoms with van der Waals surface area (Å²) in [5.74, 6) is 4.75. The molecule has 0 aromatic heterocycles. The zero-order valence-electron chi connectivity index (χ0n) is 18.9. The molecule has 4 aliphatic rings. The molecule has 4 aliphatic carbocycles. The van der Waals surface area contributed by atoms with E-state index < -0.39 is 0 Å². The Bertz CT molecular complexity index is 667. The van der Waals surface area contributed by atoms with E-state index in [1.807, 2.05) is 12.1 Å². The van der Waals surface area contributed by atoms with Gasteiger partial charge >= 0.3 is 0 Å². The third-order valence-corrected chi connectivity index (χ3v) is 7.84. The second-order valence-corrected chi connectivity index (χ2v) is 11.4. The lowest BCUT2D eigenvalue weighted by Gasteiger charge is -2.57. The van der Waals surface area contributed by atoms with Crippen molar-refractivity contribution >= 4 is 0 Å². The molecule has 4 bridgehead atoms. The average molecular weight is 401 g/mol. The third-order valence-electron chi connectivity index (χ3n) is 7.84. The van der Waals surface area contributed by atoms with Crippen LogP contribution in [0.2, 0.25) is 0 Å². The Morgan fingerprint density at radius 3 is 2.24 bits per heavy atom. The lowest BCUT2D eigenvalue weighted by atomic mass is 9.48. The molecule has 0 saturated heterocycles. The normalized spacial score (nSPS) is 31.7. The highest BCUT2D eigenvalue weighted by atomic mass is 16.5. The standard InChI is InChI=1S/C26H40O3/c1-25(2,3)23-13-22(28-4)7-8-24(23)29-17-21(27)6-5-9-26-14-18-10-19(15-26)12-20(11-18)16-26/h7-8,13,18-21,27H,5-6,9-12,14-17H2,1-4H3. The number of hydrogen-bond donors (Lipinski definition) is 1. The van der Waals surface area contributed by atoms with Crippen LogP contribution in [0.15, 0.2) is 18.2 Å². The van der Waals surface area contributed by atoms with Gasteiger partial charge in [-0.3, -0.25) is 0 Å². The predicted octanol–water partition coefficient (Wildman–Crippen LogP) is 6.12. The molecule has 3 nitrogen and oxygen atoms in total. The van der Waals surface area contributed by atoms with E-state index in [1.165, 1.54) is 44.9 Å². The number of methoxy groups -OCH3 is 1. The Balaban J connectivity index is 1.27. The first-order valence-corrected chi connectivity index (χ1v) is 11.8. The van der Waals surface area contributed by atoms with E-state index in [2.05, 4.69) is 26.8 Å². The monoisotopic (exact) mass is 400 g/mol. The van der Waals surface area contributed by atoms with E-state index in [0.717, 1.165) is 47.7 Å². The summed E-state index contributed by atoms with van der Waals surface area (Å²) in [7, 11) is 1.69. The van der Waals surface area contributed by atoms with Crippen molar-refractivity contribution < 1.29 is 14.6 Å². The fourth-order valence-electron chi connectivity index (χ4n) is 6.93. The summed E-state index contributed by atoms with van der Waals surface area (Å²) in [6.07, 6.45) is 11.8. The van der Waals surface area contributed by atoms with E-state index >= 15 is 0 Å². The van der Waals surface area contributed by atoms with Crippen LogP contribution in [0.25, 0.3) is 0 Å². The van der Waals surface area contributed by atoms with Crippen LogP contribution in [-0.4, -0.2) is 24.9 Å². The summed E-state index contributed by atoms with van der Waals surface area (Å²) in [5.41, 5.74) is 1.70. The number of aliphatic hydroxyl groups is 1. The Hall–Kier alpha value is -1.22. The van der Waals surface area contributed by atoms with Gasteiger partial charge in [0, 0.05) is 5.56 Å². The Kier molecular flexibility index (Phi) is 5.90. The van der Waals surface area contributed by atoms with Crippen molar-refractivity contribution in [2.45, 2.75) is 90.1 Å². The fraction of sp³-hybridized carbons (Fsp3) is 0.769. The largest absolute Gasteiger partial charge is 0.497 e. The zero-order valence-corrected chi connectivity index (χ0v) is 18.9. The Labute approximate surface area is 177 Å². The molecule has 3 heteroatoms. The molecule has 29 heavy (non-hydrogen) atoms. The van der Waals surface area contributed by atoms with Gasteiger partial charge < -0.3 is 14.6 Å². The van der Waals surface area contributed by atoms with E-state index in [9.17, 15) is 5.11 Å². The summed E-state index contributed by atoms with van der Waals surface area (Å²) in [4.78, 5) is 0. The molecule has 0 amide bonds. The van der Waals surface area contributed by atoms with Crippen molar-refractivity contribution in [1.82, 2.24) is 0 Å². The minimum atomic E-state index is -0.390. The van der Waals surface area contributed by atoms with Crippen molar-refractivity contribution in [3.8, 4) is 11.5 Å². The molecule has 4 fully saturated rings. The molecule has 162 valence electrons. The highest BCUT2D eigenvalue weighted by molar-refractivity contribution is 5.44. The summed E-state index contributed by atoms with van der Waals surface area (Å²) in [6, 6.07) is 5.96. The number of ether oxygens (including phenoxy) is 2. The molecule has 1 aromatic rings. The predicted molar refractivity (Wildman–Crippen MR) is 118 cm³/mol. The molecule has 0 spiro atoms. The van der Waals surface area contributed by atoms with Crippen molar-refractivity contribution in [1.29, 1.82) is 0 Å². The first-order chi connectivity index (χ1) is 13.8. The van der Waals surface area contributed by atoms with Gasteiger partial charge in [-0.1, -0.05) is 27.2 Å². The number of aliphatic hydroxyl groups excluding tert-OH is 1. The smallest absolute Gasteiger partial charge is 0.123 e. The zero-order chi connectivity index (χ0) is 20.6. The second-order valence-electron chi connectivity index (χ2n) is 11.4. The molecule has 0 aliphatic heterocycles. The SMILES string of the molecule is COc1ccc(OCC(O)CCCC23CC4CC(CC(C4)C2)C3)c(C(C)(C)C)c1. The first-order valence-electron chi connectivity index (χ1n) is 11.8. The molecule has 1 aromatic carbocycles. The maximum Gasteiger partial charge on any atom is 0.123 e. The van der Waals surface area contributed by atoms with E-state index in [-0.39, 0.29) is 11.5 Å². The minimum absolute atomic E-state index is 0.0344. The molecule has 0 heterocycles. The molecule has 1 N–H and O–H groups in total. The average Bonchev–Trinajstić information content (AvgIpc) is 2.64. The highest BCUT2D eigenvalue weighted by Gasteiger charge is 2.50. The molecular weight excluding hydrogens is 360 g/mol. The van der Waals surface area contributed by atoms with Crippen LogP contribution in [-0.2, 0) is 5.41 Å². The van der Waals surface area contributed by atoms with Crippen molar-refractivity contribution in [2.75, 3.05) is 13.7 Å². The van der Waals surface area contributed by atoms with E-state index in [0.29, 0.717) is 12.0 Å². The van der Waals surface area contributed by atoms with E-state index in [1.54, 1.807) is 7.11 Å². The first kappa shape index (κ1) is 21.0. The minimum Gasteiger partial charge on any atom is -0.497 e. The lowest BCUT2D eigenvalue weighted by molar-refractivity contribution is -0.0597. The Morgan fingerprint density at radius 1 is 1.07 bits per heavy atom. The van der Waals surface area contributed by atoms with Crippen LogP contribution in [0.5, 0.6) is 11.5 Å². The number of rotatable bonds is 8. The molecular formula is C26H40O3. The molecule has 1 unspecified atom stereocenters. The van der Waals surface area contributed by atoms with Gasteiger partial charge in [0.1, 0.15) is 18.1 Å². The fourth-order valence-corrected chi connectivity index (χ4v) is 6.93. The molecule has 0 radical (unpaired) electrons. The highest BCUT2D eigenvalue weighted by Crippen LogP contribution is 2.61. The van der Waals surface area contributed by atoms with Crippen molar-refractivity contribution in [3.63, 3.8) is 0 Å². The number of benzene rings is 1. The van der Waals surface area contributed by atoms with Crippen LogP contribution in [0.3, 0.4) is 0 Å². The van der Waals surface area contributed by atoms with Crippen LogP contribution in [0.4, 0.5) is 0 Å². The summed E-state index contributed by atoms with van der Waals surface area (Å²) in [6.45, 7) is 6.90. The summed E-state index contributed by atoms with van der Waals surface area (Å²) >= 11 is 0. The van der Waals surface area contributed by atoms with Gasteiger partial charge in [-0.05, 0) is 98.1 Å². The summed E-state index contributed by atoms with van der Waals surface area (Å²) in [5, 5.41) is 10.6. The van der Waals surface area contributed by atoms with Gasteiger partial charge in [-0.2, -0.15) is 0 Å². The van der Waals surface area contributed by atoms with Gasteiger partial charge in [0.15, 0.2) is 0 Å². The van der Waals surface area contributed by atoms with Gasteiger partial charge in [0.25, 0.3) is 0 Å². The molecule has 5 rings (SSSR count). The summed E-state index contributed by atoms with van der Waals surface area (Å²) < 4.78 is 11.4. The van der Waals surface area contributed by atoms with Crippen LogP contribution < -0.4 is 9.47 Å². The maximum absolute atomic E-state index is 10.6. The van der Waals surface area contributed by atoms with Gasteiger partial charge in [-0.25, -0.2) is 0 Å². The van der Waals surface area contributed by atoms with E-state index in [4.69, 9.17) is 9.47 Å². The van der Waals surface area contributed by atoms with Crippen molar-refractivity contribution in [2.24, 2.45) is 23.2 Å². The second kappa shape index (κ2) is 8.13. The quantitative estimate of drug-likeness (QED) is 0.571. The molecule has 1 atom stereocenters. The lowest BCUT2D eigenvalue weighted by Crippen LogP contribution is -2.46. The van der Waals surface area contributed by atoms with Crippen molar-refractivity contribution in [3.05, 3.63) is 23.8 Å². The third kappa shape index (κ3) is 4.76.